The SMILES string of the molecule is CN(C)c1ccc(C(=O)NN)c(F)c1. The molecule has 0 aliphatic heterocycles. The lowest BCUT2D eigenvalue weighted by Crippen LogP contribution is -2.30. The van der Waals surface area contributed by atoms with Gasteiger partial charge < -0.3 is 4.90 Å². The van der Waals surface area contributed by atoms with Gasteiger partial charge in [-0.3, -0.25) is 10.2 Å². The van der Waals surface area contributed by atoms with Gasteiger partial charge in [-0.05, 0) is 18.2 Å². The zero-order chi connectivity index (χ0) is 10.7. The molecule has 1 amide bonds. The Morgan fingerprint density at radius 1 is 1.50 bits per heavy atom. The Hall–Kier alpha value is -1.62. The summed E-state index contributed by atoms with van der Waals surface area (Å²) in [5, 5.41) is 0. The van der Waals surface area contributed by atoms with Crippen molar-refractivity contribution in [1.82, 2.24) is 5.43 Å². The predicted octanol–water partition coefficient (Wildman–Crippen LogP) is 0.495. The molecule has 0 saturated carbocycles. The number of hydrazine groups is 1. The molecule has 4 nitrogen and oxygen atoms in total. The predicted molar refractivity (Wildman–Crippen MR) is 52.4 cm³/mol. The minimum atomic E-state index is -0.632. The van der Waals surface area contributed by atoms with Gasteiger partial charge in [0.1, 0.15) is 5.82 Å². The van der Waals surface area contributed by atoms with Gasteiger partial charge in [0.25, 0.3) is 5.91 Å². The standard InChI is InChI=1S/C9H12FN3O/c1-13(2)6-3-4-7(8(10)5-6)9(14)12-11/h3-5H,11H2,1-2H3,(H,12,14). The first kappa shape index (κ1) is 10.5. The van der Waals surface area contributed by atoms with Gasteiger partial charge in [-0.15, -0.1) is 0 Å². The molecule has 1 aromatic carbocycles. The van der Waals surface area contributed by atoms with Gasteiger partial charge in [0.15, 0.2) is 0 Å². The molecule has 0 unspecified atom stereocenters. The molecule has 0 aliphatic rings. The van der Waals surface area contributed by atoms with Crippen molar-refractivity contribution in [2.45, 2.75) is 0 Å². The lowest BCUT2D eigenvalue weighted by molar-refractivity contribution is 0.0949. The largest absolute Gasteiger partial charge is 0.378 e. The van der Waals surface area contributed by atoms with Gasteiger partial charge in [0.2, 0.25) is 0 Å². The zero-order valence-electron chi connectivity index (χ0n) is 8.04. The van der Waals surface area contributed by atoms with E-state index in [9.17, 15) is 9.18 Å². The number of nitrogens with zero attached hydrogens (tertiary/aromatic N) is 1. The van der Waals surface area contributed by atoms with E-state index < -0.39 is 11.7 Å². The number of nitrogens with one attached hydrogen (secondary N) is 1. The van der Waals surface area contributed by atoms with Crippen LogP contribution in [0.1, 0.15) is 10.4 Å². The number of benzene rings is 1. The Morgan fingerprint density at radius 3 is 2.57 bits per heavy atom. The molecule has 14 heavy (non-hydrogen) atoms. The van der Waals surface area contributed by atoms with E-state index in [2.05, 4.69) is 0 Å². The molecule has 0 heterocycles. The molecule has 0 spiro atoms. The maximum Gasteiger partial charge on any atom is 0.268 e. The maximum atomic E-state index is 13.3. The number of anilines is 1. The molecule has 0 aromatic heterocycles. The molecule has 3 N–H and O–H groups in total. The Balaban J connectivity index is 3.07. The summed E-state index contributed by atoms with van der Waals surface area (Å²) in [5.74, 6) is 3.68. The third-order valence-electron chi connectivity index (χ3n) is 1.84. The van der Waals surface area contributed by atoms with Gasteiger partial charge in [0, 0.05) is 19.8 Å². The van der Waals surface area contributed by atoms with Crippen LogP contribution >= 0.6 is 0 Å². The third-order valence-corrected chi connectivity index (χ3v) is 1.84. The summed E-state index contributed by atoms with van der Waals surface area (Å²) in [6.07, 6.45) is 0. The normalized spacial score (nSPS) is 9.71. The Kier molecular flexibility index (Phi) is 3.03. The number of nitrogen functional groups attached to an aromatic ring is 1. The van der Waals surface area contributed by atoms with Gasteiger partial charge in [-0.1, -0.05) is 0 Å². The van der Waals surface area contributed by atoms with Crippen LogP contribution in [-0.2, 0) is 0 Å². The molecule has 0 fully saturated rings. The van der Waals surface area contributed by atoms with E-state index in [4.69, 9.17) is 5.84 Å². The van der Waals surface area contributed by atoms with Crippen LogP contribution in [-0.4, -0.2) is 20.0 Å². The lowest BCUT2D eigenvalue weighted by Gasteiger charge is -2.13. The van der Waals surface area contributed by atoms with Crippen molar-refractivity contribution in [3.8, 4) is 0 Å². The molecule has 1 aromatic rings. The fourth-order valence-corrected chi connectivity index (χ4v) is 1.04. The van der Waals surface area contributed by atoms with Crippen molar-refractivity contribution in [3.63, 3.8) is 0 Å². The minimum Gasteiger partial charge on any atom is -0.378 e. The highest BCUT2D eigenvalue weighted by molar-refractivity contribution is 5.94. The number of halogens is 1. The van der Waals surface area contributed by atoms with E-state index in [-0.39, 0.29) is 5.56 Å². The lowest BCUT2D eigenvalue weighted by atomic mass is 10.2. The number of carbonyl (C=O) groups is 1. The maximum absolute atomic E-state index is 13.3. The molecule has 76 valence electrons. The second kappa shape index (κ2) is 4.06. The van der Waals surface area contributed by atoms with Crippen LogP contribution in [0.4, 0.5) is 10.1 Å². The van der Waals surface area contributed by atoms with Gasteiger partial charge in [0.05, 0.1) is 5.56 Å². The van der Waals surface area contributed by atoms with Crippen LogP contribution in [0, 0.1) is 5.82 Å². The van der Waals surface area contributed by atoms with Crippen LogP contribution in [0.2, 0.25) is 0 Å². The van der Waals surface area contributed by atoms with Crippen molar-refractivity contribution in [2.24, 2.45) is 5.84 Å². The average Bonchev–Trinajstić information content (AvgIpc) is 2.16. The van der Waals surface area contributed by atoms with Crippen LogP contribution in [0.15, 0.2) is 18.2 Å². The Morgan fingerprint density at radius 2 is 2.14 bits per heavy atom. The number of amides is 1. The first-order valence-corrected chi connectivity index (χ1v) is 4.04. The molecule has 5 heteroatoms. The van der Waals surface area contributed by atoms with Crippen LogP contribution in [0.5, 0.6) is 0 Å². The molecule has 1 rings (SSSR count). The summed E-state index contributed by atoms with van der Waals surface area (Å²) in [6.45, 7) is 0. The molecule has 0 atom stereocenters. The summed E-state index contributed by atoms with van der Waals surface area (Å²) in [6, 6.07) is 4.32. The molecule has 0 radical (unpaired) electrons. The van der Waals surface area contributed by atoms with E-state index in [0.717, 1.165) is 0 Å². The highest BCUT2D eigenvalue weighted by atomic mass is 19.1. The first-order chi connectivity index (χ1) is 6.56. The number of hydrogen-bond acceptors (Lipinski definition) is 3. The smallest absolute Gasteiger partial charge is 0.268 e. The fraction of sp³-hybridized carbons (Fsp3) is 0.222. The van der Waals surface area contributed by atoms with Gasteiger partial charge in [-0.2, -0.15) is 0 Å². The average molecular weight is 197 g/mol. The summed E-state index contributed by atoms with van der Waals surface area (Å²) in [5.41, 5.74) is 2.51. The van der Waals surface area contributed by atoms with Crippen molar-refractivity contribution >= 4 is 11.6 Å². The Bertz CT molecular complexity index is 352. The minimum absolute atomic E-state index is 0.0573. The second-order valence-corrected chi connectivity index (χ2v) is 3.03. The van der Waals surface area contributed by atoms with Crippen molar-refractivity contribution in [1.29, 1.82) is 0 Å². The van der Waals surface area contributed by atoms with Crippen molar-refractivity contribution in [3.05, 3.63) is 29.6 Å². The van der Waals surface area contributed by atoms with E-state index in [0.29, 0.717) is 5.69 Å². The van der Waals surface area contributed by atoms with Crippen molar-refractivity contribution in [2.75, 3.05) is 19.0 Å². The highest BCUT2D eigenvalue weighted by Crippen LogP contribution is 2.16. The summed E-state index contributed by atoms with van der Waals surface area (Å²) < 4.78 is 13.3. The van der Waals surface area contributed by atoms with E-state index in [1.807, 2.05) is 5.43 Å². The van der Waals surface area contributed by atoms with Crippen LogP contribution in [0.3, 0.4) is 0 Å². The van der Waals surface area contributed by atoms with E-state index in [1.54, 1.807) is 25.1 Å². The molecular formula is C9H12FN3O. The van der Waals surface area contributed by atoms with Gasteiger partial charge >= 0.3 is 0 Å². The number of nitrogens with two attached hydrogens (primary N) is 1. The molecular weight excluding hydrogens is 185 g/mol. The molecule has 0 bridgehead atoms. The highest BCUT2D eigenvalue weighted by Gasteiger charge is 2.10. The van der Waals surface area contributed by atoms with Crippen molar-refractivity contribution < 1.29 is 9.18 Å². The summed E-state index contributed by atoms with van der Waals surface area (Å²) >= 11 is 0. The Labute approximate surface area is 81.5 Å². The number of carbonyl (C=O) groups excluding carboxylic acids is 1. The first-order valence-electron chi connectivity index (χ1n) is 4.04. The molecule has 0 aliphatic carbocycles. The third kappa shape index (κ3) is 2.00. The zero-order valence-corrected chi connectivity index (χ0v) is 8.04. The number of hydrogen-bond donors (Lipinski definition) is 2. The van der Waals surface area contributed by atoms with E-state index >= 15 is 0 Å². The van der Waals surface area contributed by atoms with E-state index in [1.165, 1.54) is 12.1 Å². The van der Waals surface area contributed by atoms with Gasteiger partial charge in [-0.25, -0.2) is 10.2 Å². The van der Waals surface area contributed by atoms with Crippen LogP contribution < -0.4 is 16.2 Å². The monoisotopic (exact) mass is 197 g/mol. The topological polar surface area (TPSA) is 58.4 Å². The van der Waals surface area contributed by atoms with Crippen LogP contribution in [0.25, 0.3) is 0 Å². The fourth-order valence-electron chi connectivity index (χ4n) is 1.04. The number of rotatable bonds is 2. The quantitative estimate of drug-likeness (QED) is 0.412. The second-order valence-electron chi connectivity index (χ2n) is 3.03. The summed E-state index contributed by atoms with van der Waals surface area (Å²) in [4.78, 5) is 12.8. The summed E-state index contributed by atoms with van der Waals surface area (Å²) in [7, 11) is 3.58. The molecule has 0 saturated heterocycles.